The van der Waals surface area contributed by atoms with Crippen molar-refractivity contribution in [1.82, 2.24) is 19.6 Å². The first-order chi connectivity index (χ1) is 17.7. The Morgan fingerprint density at radius 2 is 1.64 bits per heavy atom. The van der Waals surface area contributed by atoms with Crippen molar-refractivity contribution in [2.24, 2.45) is 0 Å². The van der Waals surface area contributed by atoms with Crippen molar-refractivity contribution in [3.8, 4) is 0 Å². The van der Waals surface area contributed by atoms with Gasteiger partial charge in [0, 0.05) is 73.4 Å². The number of hydrogen-bond donors (Lipinski definition) is 1. The largest absolute Gasteiger partial charge is 0.368 e. The van der Waals surface area contributed by atoms with E-state index in [1.54, 1.807) is 11.8 Å². The van der Waals surface area contributed by atoms with E-state index in [2.05, 4.69) is 27.3 Å². The number of thioether (sulfide) groups is 1. The third kappa shape index (κ3) is 5.88. The Morgan fingerprint density at radius 3 is 2.39 bits per heavy atom. The molecule has 1 aliphatic heterocycles. The standard InChI is InChI=1S/C28H29N5O2S/c34-27(32-18-16-31(17-19-32)24-6-2-1-3-7-24)13-14-29-28(35)22-9-11-25(12-10-22)36-21-23-20-33-15-5-4-8-26(33)30-23/h1-12,15,20H,13-14,16-19,21H2,(H,29,35). The third-order valence-electron chi connectivity index (χ3n) is 6.30. The summed E-state index contributed by atoms with van der Waals surface area (Å²) in [5.74, 6) is 0.685. The number of para-hydroxylation sites is 1. The van der Waals surface area contributed by atoms with Gasteiger partial charge in [0.1, 0.15) is 5.65 Å². The summed E-state index contributed by atoms with van der Waals surface area (Å²) in [6.45, 7) is 3.39. The average Bonchev–Trinajstić information content (AvgIpc) is 3.36. The van der Waals surface area contributed by atoms with Gasteiger partial charge in [-0.2, -0.15) is 0 Å². The lowest BCUT2D eigenvalue weighted by Gasteiger charge is -2.36. The quantitative estimate of drug-likeness (QED) is 0.370. The predicted molar refractivity (Wildman–Crippen MR) is 143 cm³/mol. The van der Waals surface area contributed by atoms with Crippen LogP contribution in [-0.4, -0.2) is 58.8 Å². The number of aromatic nitrogens is 2. The van der Waals surface area contributed by atoms with Crippen molar-refractivity contribution < 1.29 is 9.59 Å². The molecule has 184 valence electrons. The van der Waals surface area contributed by atoms with Crippen LogP contribution in [0.2, 0.25) is 0 Å². The summed E-state index contributed by atoms with van der Waals surface area (Å²) < 4.78 is 2.01. The predicted octanol–water partition coefficient (Wildman–Crippen LogP) is 4.10. The zero-order valence-corrected chi connectivity index (χ0v) is 20.9. The fourth-order valence-corrected chi connectivity index (χ4v) is 5.09. The molecule has 3 heterocycles. The Bertz CT molecular complexity index is 1280. The molecular formula is C28H29N5O2S. The molecular weight excluding hydrogens is 470 g/mol. The normalized spacial score (nSPS) is 13.7. The molecule has 8 heteroatoms. The summed E-state index contributed by atoms with van der Waals surface area (Å²) in [4.78, 5) is 35.0. The molecule has 1 saturated heterocycles. The van der Waals surface area contributed by atoms with Gasteiger partial charge < -0.3 is 19.5 Å². The van der Waals surface area contributed by atoms with Crippen molar-refractivity contribution in [1.29, 1.82) is 0 Å². The zero-order valence-electron chi connectivity index (χ0n) is 20.0. The summed E-state index contributed by atoms with van der Waals surface area (Å²) in [7, 11) is 0. The number of rotatable bonds is 8. The van der Waals surface area contributed by atoms with E-state index in [-0.39, 0.29) is 11.8 Å². The van der Waals surface area contributed by atoms with Gasteiger partial charge in [-0.3, -0.25) is 9.59 Å². The first kappa shape index (κ1) is 23.9. The van der Waals surface area contributed by atoms with Gasteiger partial charge in [0.2, 0.25) is 5.91 Å². The zero-order chi connectivity index (χ0) is 24.7. The van der Waals surface area contributed by atoms with Crippen LogP contribution in [0.4, 0.5) is 5.69 Å². The molecule has 2 aromatic carbocycles. The van der Waals surface area contributed by atoms with E-state index in [4.69, 9.17) is 0 Å². The number of imidazole rings is 1. The molecule has 0 atom stereocenters. The first-order valence-corrected chi connectivity index (χ1v) is 13.2. The Balaban J connectivity index is 1.03. The van der Waals surface area contributed by atoms with Crippen LogP contribution in [0.3, 0.4) is 0 Å². The number of carbonyl (C=O) groups is 2. The first-order valence-electron chi connectivity index (χ1n) is 12.2. The molecule has 1 fully saturated rings. The van der Waals surface area contributed by atoms with Gasteiger partial charge in [0.15, 0.2) is 0 Å². The number of amides is 2. The van der Waals surface area contributed by atoms with Crippen molar-refractivity contribution in [3.05, 3.63) is 96.4 Å². The highest BCUT2D eigenvalue weighted by Crippen LogP contribution is 2.23. The molecule has 5 rings (SSSR count). The molecule has 2 amide bonds. The number of benzene rings is 2. The maximum atomic E-state index is 12.6. The highest BCUT2D eigenvalue weighted by atomic mass is 32.2. The van der Waals surface area contributed by atoms with Gasteiger partial charge >= 0.3 is 0 Å². The van der Waals surface area contributed by atoms with Gasteiger partial charge in [-0.1, -0.05) is 24.3 Å². The van der Waals surface area contributed by atoms with E-state index in [0.29, 0.717) is 31.6 Å². The summed E-state index contributed by atoms with van der Waals surface area (Å²) in [6.07, 6.45) is 4.34. The summed E-state index contributed by atoms with van der Waals surface area (Å²) in [5.41, 5.74) is 3.74. The summed E-state index contributed by atoms with van der Waals surface area (Å²) >= 11 is 1.68. The monoisotopic (exact) mass is 499 g/mol. The highest BCUT2D eigenvalue weighted by Gasteiger charge is 2.21. The van der Waals surface area contributed by atoms with Crippen LogP contribution < -0.4 is 10.2 Å². The van der Waals surface area contributed by atoms with E-state index >= 15 is 0 Å². The van der Waals surface area contributed by atoms with Crippen LogP contribution in [0.25, 0.3) is 5.65 Å². The molecule has 0 bridgehead atoms. The van der Waals surface area contributed by atoms with Gasteiger partial charge in [-0.15, -0.1) is 11.8 Å². The molecule has 1 aliphatic rings. The molecule has 36 heavy (non-hydrogen) atoms. The van der Waals surface area contributed by atoms with Crippen LogP contribution in [0.15, 0.2) is 90.1 Å². The van der Waals surface area contributed by atoms with Crippen LogP contribution in [0.1, 0.15) is 22.5 Å². The number of anilines is 1. The van der Waals surface area contributed by atoms with Gasteiger partial charge in [0.05, 0.1) is 5.69 Å². The number of nitrogens with zero attached hydrogens (tertiary/aromatic N) is 4. The van der Waals surface area contributed by atoms with Crippen LogP contribution in [0.5, 0.6) is 0 Å². The highest BCUT2D eigenvalue weighted by molar-refractivity contribution is 7.98. The average molecular weight is 500 g/mol. The molecule has 2 aromatic heterocycles. The van der Waals surface area contributed by atoms with Crippen molar-refractivity contribution >= 4 is 34.9 Å². The number of hydrogen-bond acceptors (Lipinski definition) is 5. The van der Waals surface area contributed by atoms with Crippen molar-refractivity contribution in [2.45, 2.75) is 17.1 Å². The van der Waals surface area contributed by atoms with E-state index in [1.807, 2.05) is 82.4 Å². The van der Waals surface area contributed by atoms with Crippen molar-refractivity contribution in [2.75, 3.05) is 37.6 Å². The molecule has 0 aliphatic carbocycles. The second kappa shape index (κ2) is 11.3. The minimum Gasteiger partial charge on any atom is -0.368 e. The second-order valence-corrected chi connectivity index (χ2v) is 9.77. The molecule has 0 spiro atoms. The Morgan fingerprint density at radius 1 is 0.889 bits per heavy atom. The van der Waals surface area contributed by atoms with E-state index in [0.717, 1.165) is 35.1 Å². The molecule has 7 nitrogen and oxygen atoms in total. The fourth-order valence-electron chi connectivity index (χ4n) is 4.31. The van der Waals surface area contributed by atoms with E-state index < -0.39 is 0 Å². The Hall–Kier alpha value is -3.78. The SMILES string of the molecule is O=C(NCCC(=O)N1CCN(c2ccccc2)CC1)c1ccc(SCc2cn3ccccc3n2)cc1. The van der Waals surface area contributed by atoms with Crippen LogP contribution >= 0.6 is 11.8 Å². The van der Waals surface area contributed by atoms with Gasteiger partial charge in [0.25, 0.3) is 5.91 Å². The lowest BCUT2D eigenvalue weighted by atomic mass is 10.2. The molecule has 0 radical (unpaired) electrons. The number of nitrogens with one attached hydrogen (secondary N) is 1. The molecule has 0 unspecified atom stereocenters. The summed E-state index contributed by atoms with van der Waals surface area (Å²) in [6, 6.07) is 23.8. The topological polar surface area (TPSA) is 70.0 Å². The van der Waals surface area contributed by atoms with Crippen LogP contribution in [-0.2, 0) is 10.5 Å². The Labute approximate surface area is 215 Å². The van der Waals surface area contributed by atoms with E-state index in [1.165, 1.54) is 5.69 Å². The second-order valence-electron chi connectivity index (χ2n) is 8.72. The van der Waals surface area contributed by atoms with Crippen molar-refractivity contribution in [3.63, 3.8) is 0 Å². The summed E-state index contributed by atoms with van der Waals surface area (Å²) in [5, 5.41) is 2.88. The number of pyridine rings is 1. The van der Waals surface area contributed by atoms with Gasteiger partial charge in [-0.05, 0) is 48.5 Å². The fraction of sp³-hybridized carbons (Fsp3) is 0.250. The maximum Gasteiger partial charge on any atom is 0.251 e. The number of piperazine rings is 1. The number of carbonyl (C=O) groups excluding carboxylic acids is 2. The minimum atomic E-state index is -0.159. The van der Waals surface area contributed by atoms with E-state index in [9.17, 15) is 9.59 Å². The van der Waals surface area contributed by atoms with Gasteiger partial charge in [-0.25, -0.2) is 4.98 Å². The minimum absolute atomic E-state index is 0.0849. The molecule has 0 saturated carbocycles. The molecule has 1 N–H and O–H groups in total. The van der Waals surface area contributed by atoms with Crippen LogP contribution in [0, 0.1) is 0 Å². The lowest BCUT2D eigenvalue weighted by Crippen LogP contribution is -2.49. The number of fused-ring (bicyclic) bond motifs is 1. The Kier molecular flexibility index (Phi) is 7.52. The molecule has 4 aromatic rings. The lowest BCUT2D eigenvalue weighted by molar-refractivity contribution is -0.131. The maximum absolute atomic E-state index is 12.6. The smallest absolute Gasteiger partial charge is 0.251 e. The third-order valence-corrected chi connectivity index (χ3v) is 7.34.